The van der Waals surface area contributed by atoms with Gasteiger partial charge in [0, 0.05) is 22.4 Å². The zero-order chi connectivity index (χ0) is 41.2. The summed E-state index contributed by atoms with van der Waals surface area (Å²) in [5, 5.41) is 6.40. The largest absolute Gasteiger partial charge is 0.374 e. The zero-order valence-corrected chi connectivity index (χ0v) is 34.1. The topological polar surface area (TPSA) is 24.9 Å². The van der Waals surface area contributed by atoms with E-state index in [0.717, 1.165) is 39.3 Å². The molecule has 0 saturated heterocycles. The summed E-state index contributed by atoms with van der Waals surface area (Å²) in [5.41, 5.74) is 19.4. The van der Waals surface area contributed by atoms with Crippen LogP contribution in [-0.4, -0.2) is 4.98 Å². The van der Waals surface area contributed by atoms with Gasteiger partial charge in [-0.3, -0.25) is 0 Å². The third-order valence-corrected chi connectivity index (χ3v) is 12.1. The Bertz CT molecular complexity index is 3130. The molecule has 1 aromatic heterocycles. The quantitative estimate of drug-likeness (QED) is 0.166. The number of aromatic nitrogens is 1. The second-order valence-corrected chi connectivity index (χ2v) is 16.0. The Kier molecular flexibility index (Phi) is 9.65. The van der Waals surface area contributed by atoms with Crippen molar-refractivity contribution >= 4 is 22.0 Å². The van der Waals surface area contributed by atoms with Crippen molar-refractivity contribution in [3.8, 4) is 67.0 Å². The van der Waals surface area contributed by atoms with Gasteiger partial charge >= 0.3 is 0 Å². The summed E-state index contributed by atoms with van der Waals surface area (Å²) >= 11 is 0. The molecule has 1 unspecified atom stereocenters. The van der Waals surface area contributed by atoms with Crippen LogP contribution in [0.3, 0.4) is 0 Å². The van der Waals surface area contributed by atoms with E-state index in [1.807, 2.05) is 0 Å². The van der Waals surface area contributed by atoms with Crippen LogP contribution in [0.1, 0.15) is 22.7 Å². The number of nitrogens with one attached hydrogen (secondary N) is 1. The minimum absolute atomic E-state index is 0.0344. The maximum absolute atomic E-state index is 5.35. The molecule has 0 amide bonds. The lowest BCUT2D eigenvalue weighted by atomic mass is 9.84. The van der Waals surface area contributed by atoms with E-state index in [-0.39, 0.29) is 6.04 Å². The highest BCUT2D eigenvalue weighted by atomic mass is 14.9. The van der Waals surface area contributed by atoms with Gasteiger partial charge in [-0.1, -0.05) is 206 Å². The number of hydrogen-bond acceptors (Lipinski definition) is 2. The smallest absolute Gasteiger partial charge is 0.0715 e. The van der Waals surface area contributed by atoms with E-state index in [0.29, 0.717) is 0 Å². The average molecular weight is 791 g/mol. The first kappa shape index (κ1) is 37.0. The fraction of sp³-hybridized carbons (Fsp3) is 0.0167. The molecule has 292 valence electrons. The highest BCUT2D eigenvalue weighted by Gasteiger charge is 2.25. The van der Waals surface area contributed by atoms with Crippen LogP contribution in [0.2, 0.25) is 0 Å². The van der Waals surface area contributed by atoms with Gasteiger partial charge in [0.25, 0.3) is 0 Å². The summed E-state index contributed by atoms with van der Waals surface area (Å²) in [6.07, 6.45) is 2.39. The standard InChI is InChI=1S/C60H42N2/c1-5-17-41(18-6-1)47-25-15-27-49(35-47)56-37-51(38-57(61-56)50-28-16-26-48(36-50)42-19-7-2-8-20-42)43-31-33-45(34-32-43)54-39-59-60(53-30-14-13-29-52(53)54)55(44-21-9-3-10-22-44)40-58(62-59)46-23-11-4-12-24-46/h1-40,58,62H. The Morgan fingerprint density at radius 3 is 1.35 bits per heavy atom. The summed E-state index contributed by atoms with van der Waals surface area (Å²) in [6.45, 7) is 0. The number of hydrogen-bond donors (Lipinski definition) is 1. The van der Waals surface area contributed by atoms with Crippen LogP contribution in [0.15, 0.2) is 243 Å². The van der Waals surface area contributed by atoms with Crippen LogP contribution >= 0.6 is 0 Å². The average Bonchev–Trinajstić information content (AvgIpc) is 3.37. The summed E-state index contributed by atoms with van der Waals surface area (Å²) < 4.78 is 0. The van der Waals surface area contributed by atoms with Gasteiger partial charge in [-0.15, -0.1) is 0 Å². The van der Waals surface area contributed by atoms with E-state index in [1.54, 1.807) is 0 Å². The second-order valence-electron chi connectivity index (χ2n) is 16.0. The van der Waals surface area contributed by atoms with Crippen molar-refractivity contribution in [2.75, 3.05) is 5.32 Å². The SMILES string of the molecule is C1=C(c2ccccc2)c2c(cc(-c3ccc(-c4cc(-c5cccc(-c6ccccc6)c5)nc(-c5cccc(-c6ccccc6)c5)c4)cc3)c3ccccc23)NC1c1ccccc1. The van der Waals surface area contributed by atoms with E-state index >= 15 is 0 Å². The number of benzene rings is 9. The van der Waals surface area contributed by atoms with Gasteiger partial charge in [0.05, 0.1) is 17.4 Å². The molecule has 9 aromatic carbocycles. The maximum atomic E-state index is 5.35. The minimum atomic E-state index is 0.0344. The molecular formula is C60H42N2. The van der Waals surface area contributed by atoms with Crippen LogP contribution in [0.25, 0.3) is 83.4 Å². The molecule has 1 atom stereocenters. The molecule has 2 heterocycles. The summed E-state index contributed by atoms with van der Waals surface area (Å²) in [7, 11) is 0. The minimum Gasteiger partial charge on any atom is -0.374 e. The molecule has 0 radical (unpaired) electrons. The van der Waals surface area contributed by atoms with E-state index in [9.17, 15) is 0 Å². The van der Waals surface area contributed by atoms with Crippen molar-refractivity contribution in [2.24, 2.45) is 0 Å². The van der Waals surface area contributed by atoms with Crippen molar-refractivity contribution in [1.29, 1.82) is 0 Å². The number of fused-ring (bicyclic) bond motifs is 3. The van der Waals surface area contributed by atoms with Gasteiger partial charge in [-0.25, -0.2) is 4.98 Å². The van der Waals surface area contributed by atoms with Crippen molar-refractivity contribution in [1.82, 2.24) is 4.98 Å². The molecule has 2 heteroatoms. The van der Waals surface area contributed by atoms with Crippen LogP contribution in [-0.2, 0) is 0 Å². The Balaban J connectivity index is 1.02. The highest BCUT2D eigenvalue weighted by molar-refractivity contribution is 6.10. The number of nitrogens with zero attached hydrogens (tertiary/aromatic N) is 1. The normalized spacial score (nSPS) is 13.2. The van der Waals surface area contributed by atoms with Crippen LogP contribution in [0, 0.1) is 0 Å². The second kappa shape index (κ2) is 16.2. The summed E-state index contributed by atoms with van der Waals surface area (Å²) in [4.78, 5) is 5.35. The zero-order valence-electron chi connectivity index (χ0n) is 34.1. The van der Waals surface area contributed by atoms with Crippen molar-refractivity contribution in [3.05, 3.63) is 259 Å². The molecule has 2 nitrogen and oxygen atoms in total. The molecular weight excluding hydrogens is 749 g/mol. The molecule has 1 aliphatic rings. The molecule has 0 aliphatic carbocycles. The molecule has 1 aliphatic heterocycles. The fourth-order valence-corrected chi connectivity index (χ4v) is 8.99. The van der Waals surface area contributed by atoms with Gasteiger partial charge in [-0.05, 0) is 108 Å². The Hall–Kier alpha value is -8.07. The van der Waals surface area contributed by atoms with Gasteiger partial charge in [-0.2, -0.15) is 0 Å². The molecule has 0 spiro atoms. The summed E-state index contributed by atoms with van der Waals surface area (Å²) in [5.74, 6) is 0. The van der Waals surface area contributed by atoms with Gasteiger partial charge in [0.2, 0.25) is 0 Å². The third kappa shape index (κ3) is 7.18. The third-order valence-electron chi connectivity index (χ3n) is 12.1. The number of pyridine rings is 1. The van der Waals surface area contributed by atoms with E-state index in [4.69, 9.17) is 4.98 Å². The van der Waals surface area contributed by atoms with Crippen LogP contribution < -0.4 is 5.32 Å². The first-order valence-corrected chi connectivity index (χ1v) is 21.3. The van der Waals surface area contributed by atoms with Crippen molar-refractivity contribution in [3.63, 3.8) is 0 Å². The fourth-order valence-electron chi connectivity index (χ4n) is 8.99. The van der Waals surface area contributed by atoms with Gasteiger partial charge < -0.3 is 5.32 Å². The van der Waals surface area contributed by atoms with Gasteiger partial charge in [0.15, 0.2) is 0 Å². The molecule has 62 heavy (non-hydrogen) atoms. The van der Waals surface area contributed by atoms with E-state index in [1.165, 1.54) is 66.4 Å². The first-order valence-electron chi connectivity index (χ1n) is 21.3. The molecule has 11 rings (SSSR count). The van der Waals surface area contributed by atoms with Crippen LogP contribution in [0.5, 0.6) is 0 Å². The van der Waals surface area contributed by atoms with E-state index < -0.39 is 0 Å². The molecule has 0 saturated carbocycles. The van der Waals surface area contributed by atoms with Gasteiger partial charge in [0.1, 0.15) is 0 Å². The molecule has 10 aromatic rings. The molecule has 0 fully saturated rings. The monoisotopic (exact) mass is 790 g/mol. The lowest BCUT2D eigenvalue weighted by Gasteiger charge is -2.29. The first-order chi connectivity index (χ1) is 30.7. The number of anilines is 1. The van der Waals surface area contributed by atoms with E-state index in [2.05, 4.69) is 248 Å². The highest BCUT2D eigenvalue weighted by Crippen LogP contribution is 2.46. The lowest BCUT2D eigenvalue weighted by Crippen LogP contribution is -2.15. The molecule has 0 bridgehead atoms. The predicted octanol–water partition coefficient (Wildman–Crippen LogP) is 15.8. The summed E-state index contributed by atoms with van der Waals surface area (Å²) in [6, 6.07) is 84.9. The molecule has 1 N–H and O–H groups in total. The van der Waals surface area contributed by atoms with Crippen LogP contribution in [0.4, 0.5) is 5.69 Å². The lowest BCUT2D eigenvalue weighted by molar-refractivity contribution is 0.975. The predicted molar refractivity (Wildman–Crippen MR) is 261 cm³/mol. The number of rotatable bonds is 8. The maximum Gasteiger partial charge on any atom is 0.0715 e. The van der Waals surface area contributed by atoms with Crippen molar-refractivity contribution in [2.45, 2.75) is 6.04 Å². The van der Waals surface area contributed by atoms with Crippen molar-refractivity contribution < 1.29 is 0 Å². The Morgan fingerprint density at radius 2 is 0.774 bits per heavy atom. The Morgan fingerprint density at radius 1 is 0.323 bits per heavy atom. The Labute approximate surface area is 363 Å².